The number of hydrogen-bond acceptors (Lipinski definition) is 3. The Kier molecular flexibility index (Phi) is 3.80. The molecule has 2 heterocycles. The van der Waals surface area contributed by atoms with E-state index in [1.54, 1.807) is 12.1 Å². The van der Waals surface area contributed by atoms with Gasteiger partial charge in [-0.3, -0.25) is 4.90 Å². The van der Waals surface area contributed by atoms with Crippen LogP contribution in [0.3, 0.4) is 0 Å². The second kappa shape index (κ2) is 5.82. The molecule has 2 saturated carbocycles. The van der Waals surface area contributed by atoms with Crippen LogP contribution in [0.4, 0.5) is 0 Å². The maximum atomic E-state index is 11.4. The van der Waals surface area contributed by atoms with Gasteiger partial charge >= 0.3 is 5.97 Å². The Bertz CT molecular complexity index is 601. The van der Waals surface area contributed by atoms with Crippen LogP contribution in [0.2, 0.25) is 0 Å². The van der Waals surface area contributed by atoms with Crippen LogP contribution in [0.25, 0.3) is 0 Å². The Morgan fingerprint density at radius 2 is 1.87 bits per heavy atom. The van der Waals surface area contributed by atoms with Crippen LogP contribution in [-0.2, 0) is 6.54 Å². The van der Waals surface area contributed by atoms with Gasteiger partial charge in [0.1, 0.15) is 11.3 Å². The van der Waals surface area contributed by atoms with E-state index in [0.717, 1.165) is 29.9 Å². The molecule has 4 atom stereocenters. The van der Waals surface area contributed by atoms with Crippen LogP contribution >= 0.6 is 0 Å². The van der Waals surface area contributed by atoms with Gasteiger partial charge in [-0.1, -0.05) is 6.07 Å². The fraction of sp³-hybridized carbons (Fsp3) is 0.632. The number of ether oxygens (including phenoxy) is 1. The van der Waals surface area contributed by atoms with Crippen molar-refractivity contribution in [2.75, 3.05) is 13.7 Å². The SMILES string of the molecule is COc1ccc(CN2CC3CC4CC2C[C@@H](C4)C3)cc1C(=O)O. The highest BCUT2D eigenvalue weighted by Crippen LogP contribution is 2.47. The van der Waals surface area contributed by atoms with Crippen molar-refractivity contribution in [3.63, 3.8) is 0 Å². The number of hydrogen-bond donors (Lipinski definition) is 1. The molecule has 2 aliphatic carbocycles. The Morgan fingerprint density at radius 3 is 2.52 bits per heavy atom. The van der Waals surface area contributed by atoms with Crippen molar-refractivity contribution in [1.82, 2.24) is 4.90 Å². The summed E-state index contributed by atoms with van der Waals surface area (Å²) in [6.07, 6.45) is 6.95. The first-order valence-electron chi connectivity index (χ1n) is 8.76. The van der Waals surface area contributed by atoms with E-state index >= 15 is 0 Å². The Hall–Kier alpha value is -1.55. The van der Waals surface area contributed by atoms with Crippen LogP contribution in [-0.4, -0.2) is 35.7 Å². The number of fused-ring (bicyclic) bond motifs is 1. The highest BCUT2D eigenvalue weighted by atomic mass is 16.5. The Labute approximate surface area is 137 Å². The van der Waals surface area contributed by atoms with Crippen LogP contribution in [0.1, 0.15) is 48.0 Å². The summed E-state index contributed by atoms with van der Waals surface area (Å²) in [6, 6.07) is 6.29. The number of carboxylic acid groups (broad SMARTS) is 1. The monoisotopic (exact) mass is 315 g/mol. The third kappa shape index (κ3) is 2.85. The summed E-state index contributed by atoms with van der Waals surface area (Å²) in [5, 5.41) is 9.37. The minimum absolute atomic E-state index is 0.269. The normalized spacial score (nSPS) is 32.7. The fourth-order valence-corrected chi connectivity index (χ4v) is 5.33. The zero-order valence-corrected chi connectivity index (χ0v) is 13.7. The van der Waals surface area contributed by atoms with Crippen LogP contribution < -0.4 is 4.74 Å². The summed E-state index contributed by atoms with van der Waals surface area (Å²) in [6.45, 7) is 2.05. The van der Waals surface area contributed by atoms with Gasteiger partial charge in [0.2, 0.25) is 0 Å². The number of carboxylic acids is 1. The highest BCUT2D eigenvalue weighted by Gasteiger charge is 2.42. The van der Waals surface area contributed by atoms with E-state index < -0.39 is 5.97 Å². The van der Waals surface area contributed by atoms with Gasteiger partial charge in [-0.2, -0.15) is 0 Å². The number of methoxy groups -OCH3 is 1. The molecule has 2 aliphatic heterocycles. The molecule has 124 valence electrons. The molecule has 4 heteroatoms. The topological polar surface area (TPSA) is 49.8 Å². The van der Waals surface area contributed by atoms with Crippen molar-refractivity contribution in [2.45, 2.75) is 44.7 Å². The molecule has 4 bridgehead atoms. The lowest BCUT2D eigenvalue weighted by molar-refractivity contribution is 0.0693. The summed E-state index contributed by atoms with van der Waals surface area (Å²) in [4.78, 5) is 14.0. The predicted octanol–water partition coefficient (Wildman–Crippen LogP) is 3.40. The molecule has 0 spiro atoms. The quantitative estimate of drug-likeness (QED) is 0.925. The summed E-state index contributed by atoms with van der Waals surface area (Å²) < 4.78 is 5.17. The van der Waals surface area contributed by atoms with E-state index in [4.69, 9.17) is 4.74 Å². The number of benzene rings is 1. The van der Waals surface area contributed by atoms with Crippen molar-refractivity contribution in [2.24, 2.45) is 17.8 Å². The fourth-order valence-electron chi connectivity index (χ4n) is 5.33. The maximum Gasteiger partial charge on any atom is 0.339 e. The van der Waals surface area contributed by atoms with E-state index in [0.29, 0.717) is 11.8 Å². The second-order valence-corrected chi connectivity index (χ2v) is 7.70. The molecule has 1 N–H and O–H groups in total. The van der Waals surface area contributed by atoms with Gasteiger partial charge in [0.25, 0.3) is 0 Å². The first-order chi connectivity index (χ1) is 11.1. The number of nitrogens with zero attached hydrogens (tertiary/aromatic N) is 1. The molecule has 4 fully saturated rings. The number of rotatable bonds is 4. The highest BCUT2D eigenvalue weighted by molar-refractivity contribution is 5.91. The molecule has 2 saturated heterocycles. The molecule has 0 amide bonds. The van der Waals surface area contributed by atoms with Gasteiger partial charge in [-0.25, -0.2) is 4.79 Å². The Morgan fingerprint density at radius 1 is 1.17 bits per heavy atom. The predicted molar refractivity (Wildman–Crippen MR) is 87.7 cm³/mol. The molecular formula is C19H25NO3. The van der Waals surface area contributed by atoms with Gasteiger partial charge < -0.3 is 9.84 Å². The summed E-state index contributed by atoms with van der Waals surface area (Å²) >= 11 is 0. The van der Waals surface area contributed by atoms with Gasteiger partial charge in [-0.15, -0.1) is 0 Å². The zero-order valence-electron chi connectivity index (χ0n) is 13.7. The smallest absolute Gasteiger partial charge is 0.339 e. The third-order valence-electron chi connectivity index (χ3n) is 6.10. The van der Waals surface area contributed by atoms with E-state index in [1.165, 1.54) is 45.8 Å². The molecule has 4 nitrogen and oxygen atoms in total. The van der Waals surface area contributed by atoms with E-state index in [1.807, 2.05) is 6.07 Å². The first kappa shape index (κ1) is 15.0. The number of carbonyl (C=O) groups is 1. The van der Waals surface area contributed by atoms with Gasteiger partial charge in [0.15, 0.2) is 0 Å². The average molecular weight is 315 g/mol. The van der Waals surface area contributed by atoms with Crippen molar-refractivity contribution >= 4 is 5.97 Å². The minimum Gasteiger partial charge on any atom is -0.496 e. The lowest BCUT2D eigenvalue weighted by atomic mass is 9.68. The van der Waals surface area contributed by atoms with Crippen LogP contribution in [0.15, 0.2) is 18.2 Å². The molecule has 1 aromatic carbocycles. The lowest BCUT2D eigenvalue weighted by Gasteiger charge is -2.39. The minimum atomic E-state index is -0.917. The van der Waals surface area contributed by atoms with E-state index in [-0.39, 0.29) is 5.56 Å². The van der Waals surface area contributed by atoms with Gasteiger partial charge in [0.05, 0.1) is 7.11 Å². The third-order valence-corrected chi connectivity index (χ3v) is 6.10. The first-order valence-corrected chi connectivity index (χ1v) is 8.76. The molecule has 23 heavy (non-hydrogen) atoms. The standard InChI is InChI=1S/C19H25NO3/c1-23-18-3-2-12(9-17(18)19(21)22)10-20-11-15-5-13-4-14(6-15)8-16(20)7-13/h2-3,9,13-16H,4-8,10-11H2,1H3,(H,21,22)/t13-,14?,15?,16?/m0/s1. The lowest BCUT2D eigenvalue weighted by Crippen LogP contribution is -2.37. The molecule has 5 rings (SSSR count). The molecule has 4 aliphatic rings. The average Bonchev–Trinajstić information content (AvgIpc) is 2.71. The molecular weight excluding hydrogens is 290 g/mol. The van der Waals surface area contributed by atoms with Crippen molar-refractivity contribution in [3.8, 4) is 5.75 Å². The number of aromatic carboxylic acids is 1. The van der Waals surface area contributed by atoms with Crippen LogP contribution in [0, 0.1) is 17.8 Å². The summed E-state index contributed by atoms with van der Waals surface area (Å²) in [5.41, 5.74) is 1.36. The van der Waals surface area contributed by atoms with E-state index in [2.05, 4.69) is 4.90 Å². The largest absolute Gasteiger partial charge is 0.496 e. The maximum absolute atomic E-state index is 11.4. The molecule has 0 aromatic heterocycles. The van der Waals surface area contributed by atoms with Crippen molar-refractivity contribution in [3.05, 3.63) is 29.3 Å². The van der Waals surface area contributed by atoms with Gasteiger partial charge in [-0.05, 0) is 67.6 Å². The zero-order chi connectivity index (χ0) is 16.0. The summed E-state index contributed by atoms with van der Waals surface area (Å²) in [7, 11) is 1.52. The van der Waals surface area contributed by atoms with E-state index in [9.17, 15) is 9.90 Å². The van der Waals surface area contributed by atoms with Crippen LogP contribution in [0.5, 0.6) is 5.75 Å². The Balaban J connectivity index is 1.56. The van der Waals surface area contributed by atoms with Crippen molar-refractivity contribution < 1.29 is 14.6 Å². The molecule has 3 unspecified atom stereocenters. The molecule has 1 aromatic rings. The molecule has 0 radical (unpaired) electrons. The van der Waals surface area contributed by atoms with Gasteiger partial charge in [0, 0.05) is 19.1 Å². The van der Waals surface area contributed by atoms with Crippen molar-refractivity contribution in [1.29, 1.82) is 0 Å². The summed E-state index contributed by atoms with van der Waals surface area (Å²) in [5.74, 6) is 2.25. The second-order valence-electron chi connectivity index (χ2n) is 7.70.